The Bertz CT molecular complexity index is 571. The lowest BCUT2D eigenvalue weighted by Crippen LogP contribution is -2.31. The van der Waals surface area contributed by atoms with Gasteiger partial charge in [0.05, 0.1) is 18.4 Å². The molecule has 21 heavy (non-hydrogen) atoms. The summed E-state index contributed by atoms with van der Waals surface area (Å²) >= 11 is 3.45. The van der Waals surface area contributed by atoms with Crippen LogP contribution in [0.1, 0.15) is 25.7 Å². The van der Waals surface area contributed by atoms with E-state index in [1.54, 1.807) is 6.20 Å². The van der Waals surface area contributed by atoms with Crippen LogP contribution in [0.3, 0.4) is 0 Å². The molecule has 0 aliphatic heterocycles. The Hall–Kier alpha value is -0.880. The highest BCUT2D eigenvalue weighted by Gasteiger charge is 2.39. The number of aromatic nitrogens is 2. The van der Waals surface area contributed by atoms with E-state index >= 15 is 0 Å². The molecule has 0 aromatic carbocycles. The Kier molecular flexibility index (Phi) is 4.36. The summed E-state index contributed by atoms with van der Waals surface area (Å²) in [4.78, 5) is 14.4. The number of fused-ring (bicyclic) bond motifs is 2. The minimum atomic E-state index is -0.0509. The zero-order valence-corrected chi connectivity index (χ0v) is 14.3. The second kappa shape index (κ2) is 6.08. The number of rotatable bonds is 5. The maximum Gasteiger partial charge on any atom is 0.283 e. The van der Waals surface area contributed by atoms with Crippen molar-refractivity contribution in [1.29, 1.82) is 0 Å². The van der Waals surface area contributed by atoms with Gasteiger partial charge in [-0.15, -0.1) is 0 Å². The van der Waals surface area contributed by atoms with Crippen LogP contribution in [-0.4, -0.2) is 41.4 Å². The highest BCUT2D eigenvalue weighted by Crippen LogP contribution is 2.45. The molecule has 1 heterocycles. The quantitative estimate of drug-likeness (QED) is 0.880. The van der Waals surface area contributed by atoms with E-state index in [2.05, 4.69) is 26.3 Å². The molecule has 1 aromatic rings. The molecule has 1 N–H and O–H groups in total. The highest BCUT2D eigenvalue weighted by atomic mass is 79.9. The van der Waals surface area contributed by atoms with Crippen LogP contribution in [0.5, 0.6) is 0 Å². The smallest absolute Gasteiger partial charge is 0.283 e. The second-order valence-electron chi connectivity index (χ2n) is 6.63. The summed E-state index contributed by atoms with van der Waals surface area (Å²) in [5.41, 5.74) is 0.795. The first kappa shape index (κ1) is 15.0. The van der Waals surface area contributed by atoms with Gasteiger partial charge in [0, 0.05) is 12.6 Å². The average Bonchev–Trinajstić information content (AvgIpc) is 3.05. The summed E-state index contributed by atoms with van der Waals surface area (Å²) in [5.74, 6) is 1.66. The molecule has 0 radical (unpaired) electrons. The van der Waals surface area contributed by atoms with Gasteiger partial charge in [-0.25, -0.2) is 4.68 Å². The number of anilines is 1. The summed E-state index contributed by atoms with van der Waals surface area (Å²) in [6.07, 6.45) is 7.08. The standard InChI is InChI=1S/C15H23BrN4O/c1-19(2)5-6-20-15(21)14(16)13(9-17-20)18-12-8-10-3-4-11(12)7-10/h9-12,18H,3-8H2,1-2H3. The molecule has 3 unspecified atom stereocenters. The van der Waals surface area contributed by atoms with Crippen molar-refractivity contribution in [2.24, 2.45) is 11.8 Å². The Morgan fingerprint density at radius 2 is 2.24 bits per heavy atom. The van der Waals surface area contributed by atoms with Crippen molar-refractivity contribution >= 4 is 21.6 Å². The first-order chi connectivity index (χ1) is 10.0. The molecule has 2 saturated carbocycles. The summed E-state index contributed by atoms with van der Waals surface area (Å²) in [7, 11) is 3.98. The number of hydrogen-bond acceptors (Lipinski definition) is 4. The molecule has 1 aromatic heterocycles. The van der Waals surface area contributed by atoms with E-state index in [0.29, 0.717) is 17.1 Å². The predicted molar refractivity (Wildman–Crippen MR) is 87.6 cm³/mol. The lowest BCUT2D eigenvalue weighted by Gasteiger charge is -2.24. The fourth-order valence-electron chi connectivity index (χ4n) is 3.64. The number of nitrogens with one attached hydrogen (secondary N) is 1. The molecule has 2 bridgehead atoms. The van der Waals surface area contributed by atoms with Crippen molar-refractivity contribution in [3.8, 4) is 0 Å². The first-order valence-electron chi connectivity index (χ1n) is 7.71. The van der Waals surface area contributed by atoms with Crippen molar-refractivity contribution in [3.63, 3.8) is 0 Å². The Balaban J connectivity index is 1.72. The van der Waals surface area contributed by atoms with Gasteiger partial charge in [-0.2, -0.15) is 5.10 Å². The van der Waals surface area contributed by atoms with Crippen molar-refractivity contribution in [2.75, 3.05) is 26.0 Å². The van der Waals surface area contributed by atoms with Gasteiger partial charge in [-0.05, 0) is 61.1 Å². The summed E-state index contributed by atoms with van der Waals surface area (Å²) < 4.78 is 2.13. The third-order valence-corrected chi connectivity index (χ3v) is 5.59. The van der Waals surface area contributed by atoms with Crippen LogP contribution in [0.15, 0.2) is 15.5 Å². The fourth-order valence-corrected chi connectivity index (χ4v) is 4.06. The Morgan fingerprint density at radius 1 is 1.43 bits per heavy atom. The molecule has 0 saturated heterocycles. The van der Waals surface area contributed by atoms with Crippen LogP contribution in [0.4, 0.5) is 5.69 Å². The summed E-state index contributed by atoms with van der Waals surface area (Å²) in [6.45, 7) is 1.41. The molecular formula is C15H23BrN4O. The molecule has 5 nitrogen and oxygen atoms in total. The molecule has 6 heteroatoms. The number of likely N-dealkylation sites (N-methyl/N-ethyl adjacent to an activating group) is 1. The molecule has 0 amide bonds. The maximum absolute atomic E-state index is 12.3. The van der Waals surface area contributed by atoms with Gasteiger partial charge in [-0.3, -0.25) is 4.79 Å². The molecule has 3 rings (SSSR count). The van der Waals surface area contributed by atoms with Crippen molar-refractivity contribution in [3.05, 3.63) is 21.0 Å². The van der Waals surface area contributed by atoms with E-state index in [1.807, 2.05) is 19.0 Å². The zero-order valence-electron chi connectivity index (χ0n) is 12.7. The monoisotopic (exact) mass is 354 g/mol. The maximum atomic E-state index is 12.3. The predicted octanol–water partition coefficient (Wildman–Crippen LogP) is 2.17. The van der Waals surface area contributed by atoms with Crippen LogP contribution in [-0.2, 0) is 6.54 Å². The largest absolute Gasteiger partial charge is 0.380 e. The lowest BCUT2D eigenvalue weighted by atomic mass is 9.95. The van der Waals surface area contributed by atoms with Crippen LogP contribution in [0.2, 0.25) is 0 Å². The minimum Gasteiger partial charge on any atom is -0.380 e. The highest BCUT2D eigenvalue weighted by molar-refractivity contribution is 9.10. The van der Waals surface area contributed by atoms with Gasteiger partial charge in [0.25, 0.3) is 5.56 Å². The third kappa shape index (κ3) is 3.16. The van der Waals surface area contributed by atoms with Crippen LogP contribution < -0.4 is 10.9 Å². The van der Waals surface area contributed by atoms with E-state index in [-0.39, 0.29) is 5.56 Å². The van der Waals surface area contributed by atoms with Crippen molar-refractivity contribution < 1.29 is 0 Å². The van der Waals surface area contributed by atoms with E-state index in [1.165, 1.54) is 30.4 Å². The molecule has 116 valence electrons. The molecular weight excluding hydrogens is 332 g/mol. The minimum absolute atomic E-state index is 0.0509. The lowest BCUT2D eigenvalue weighted by molar-refractivity contribution is 0.367. The van der Waals surface area contributed by atoms with Crippen molar-refractivity contribution in [2.45, 2.75) is 38.3 Å². The first-order valence-corrected chi connectivity index (χ1v) is 8.50. The van der Waals surface area contributed by atoms with Gasteiger partial charge in [0.15, 0.2) is 0 Å². The Labute approximate surface area is 133 Å². The number of hydrogen-bond donors (Lipinski definition) is 1. The van der Waals surface area contributed by atoms with E-state index in [4.69, 9.17) is 0 Å². The average molecular weight is 355 g/mol. The van der Waals surface area contributed by atoms with Gasteiger partial charge < -0.3 is 10.2 Å². The van der Waals surface area contributed by atoms with Gasteiger partial charge in [0.2, 0.25) is 0 Å². The molecule has 2 aliphatic carbocycles. The molecule has 2 aliphatic rings. The third-order valence-electron chi connectivity index (χ3n) is 4.82. The van der Waals surface area contributed by atoms with Crippen molar-refractivity contribution in [1.82, 2.24) is 14.7 Å². The van der Waals surface area contributed by atoms with E-state index in [9.17, 15) is 4.79 Å². The number of halogens is 1. The van der Waals surface area contributed by atoms with E-state index in [0.717, 1.165) is 24.1 Å². The molecule has 2 fully saturated rings. The van der Waals surface area contributed by atoms with Gasteiger partial charge >= 0.3 is 0 Å². The molecule has 0 spiro atoms. The summed E-state index contributed by atoms with van der Waals surface area (Å²) in [5, 5.41) is 7.84. The van der Waals surface area contributed by atoms with Crippen LogP contribution in [0, 0.1) is 11.8 Å². The SMILES string of the molecule is CN(C)CCn1ncc(NC2CC3CCC2C3)c(Br)c1=O. The van der Waals surface area contributed by atoms with Crippen LogP contribution in [0.25, 0.3) is 0 Å². The number of nitrogens with zero attached hydrogens (tertiary/aromatic N) is 3. The van der Waals surface area contributed by atoms with Gasteiger partial charge in [0.1, 0.15) is 4.47 Å². The Morgan fingerprint density at radius 3 is 2.86 bits per heavy atom. The fraction of sp³-hybridized carbons (Fsp3) is 0.733. The molecule has 3 atom stereocenters. The van der Waals surface area contributed by atoms with Crippen LogP contribution >= 0.6 is 15.9 Å². The topological polar surface area (TPSA) is 50.2 Å². The van der Waals surface area contributed by atoms with E-state index < -0.39 is 0 Å². The normalized spacial score (nSPS) is 27.5. The summed E-state index contributed by atoms with van der Waals surface area (Å²) in [6, 6.07) is 0.513. The second-order valence-corrected chi connectivity index (χ2v) is 7.42. The zero-order chi connectivity index (χ0) is 15.0. The van der Waals surface area contributed by atoms with Gasteiger partial charge in [-0.1, -0.05) is 6.42 Å².